The van der Waals surface area contributed by atoms with E-state index in [-0.39, 0.29) is 69.7 Å². The van der Waals surface area contributed by atoms with Crippen molar-refractivity contribution in [2.75, 3.05) is 0 Å². The fraction of sp³-hybridized carbons (Fsp3) is 0.500. The summed E-state index contributed by atoms with van der Waals surface area (Å²) in [6, 6.07) is 46.8. The lowest BCUT2D eigenvalue weighted by Gasteiger charge is -2.39. The number of phenolic OH excluding ortho intramolecular Hbond substituents is 1. The normalized spacial score (nSPS) is 20.4. The second-order valence-corrected chi connectivity index (χ2v) is 28.7. The van der Waals surface area contributed by atoms with E-state index in [2.05, 4.69) is 127 Å². The average molecular weight is 1270 g/mol. The molecule has 0 radical (unpaired) electrons. The minimum absolute atomic E-state index is 0.0146. The van der Waals surface area contributed by atoms with Crippen molar-refractivity contribution in [2.45, 2.75) is 211 Å². The highest BCUT2D eigenvalue weighted by atomic mass is 32.2. The fourth-order valence-electron chi connectivity index (χ4n) is 9.24. The van der Waals surface area contributed by atoms with Gasteiger partial charge in [0.1, 0.15) is 23.2 Å². The molecule has 3 fully saturated rings. The minimum Gasteiger partial charge on any atom is -0.743 e. The van der Waals surface area contributed by atoms with Gasteiger partial charge in [-0.25, -0.2) is 8.42 Å². The van der Waals surface area contributed by atoms with Gasteiger partial charge < -0.3 is 38.1 Å². The van der Waals surface area contributed by atoms with Gasteiger partial charge in [-0.3, -0.25) is 24.0 Å². The molecule has 5 aromatic carbocycles. The van der Waals surface area contributed by atoms with E-state index in [0.29, 0.717) is 31.9 Å². The third-order valence-electron chi connectivity index (χ3n) is 17.3. The first-order valence-electron chi connectivity index (χ1n) is 30.4. The van der Waals surface area contributed by atoms with E-state index in [1.54, 1.807) is 19.1 Å². The number of carbonyl (C=O) groups excluding carboxylic acids is 5. The molecule has 7 atom stereocenters. The van der Waals surface area contributed by atoms with Gasteiger partial charge in [0.05, 0.1) is 44.6 Å². The highest BCUT2D eigenvalue weighted by Crippen LogP contribution is 2.48. The molecule has 1 aliphatic carbocycles. The molecule has 486 valence electrons. The number of esters is 5. The Hall–Kier alpha value is -6.67. The molecule has 3 heterocycles. The summed E-state index contributed by atoms with van der Waals surface area (Å²) < 4.78 is 88.9. The second kappa shape index (κ2) is 30.9. The van der Waals surface area contributed by atoms with E-state index >= 15 is 0 Å². The first kappa shape index (κ1) is 73.1. The zero-order chi connectivity index (χ0) is 66.3. The number of aryl methyl sites for hydroxylation is 1. The fourth-order valence-corrected chi connectivity index (χ4v) is 11.8. The van der Waals surface area contributed by atoms with E-state index < -0.39 is 55.9 Å². The van der Waals surface area contributed by atoms with E-state index in [1.807, 2.05) is 62.3 Å². The number of hydrogen-bond donors (Lipinski definition) is 1. The molecule has 89 heavy (non-hydrogen) atoms. The van der Waals surface area contributed by atoms with Crippen LogP contribution in [0.4, 0.5) is 8.78 Å². The van der Waals surface area contributed by atoms with Crippen molar-refractivity contribution in [2.24, 2.45) is 27.6 Å². The number of halogens is 2. The smallest absolute Gasteiger partial charge is 0.369 e. The summed E-state index contributed by atoms with van der Waals surface area (Å²) in [5, 5.41) is 4.42. The van der Waals surface area contributed by atoms with E-state index in [9.17, 15) is 45.7 Å². The minimum atomic E-state index is -5.86. The second-order valence-electron chi connectivity index (χ2n) is 25.3. The van der Waals surface area contributed by atoms with E-state index in [4.69, 9.17) is 28.8 Å². The monoisotopic (exact) mass is 1270 g/mol. The summed E-state index contributed by atoms with van der Waals surface area (Å²) >= 11 is 0. The van der Waals surface area contributed by atoms with Gasteiger partial charge in [0, 0.05) is 6.42 Å². The Morgan fingerprint density at radius 3 is 1.54 bits per heavy atom. The van der Waals surface area contributed by atoms with Crippen molar-refractivity contribution in [3.8, 4) is 11.5 Å². The van der Waals surface area contributed by atoms with Crippen molar-refractivity contribution >= 4 is 50.9 Å². The lowest BCUT2D eigenvalue weighted by Crippen LogP contribution is -2.44. The lowest BCUT2D eigenvalue weighted by molar-refractivity contribution is -0.173. The maximum atomic E-state index is 13.0. The van der Waals surface area contributed by atoms with Crippen molar-refractivity contribution in [3.63, 3.8) is 0 Å². The number of benzene rings is 5. The van der Waals surface area contributed by atoms with E-state index in [0.717, 1.165) is 38.5 Å². The number of ether oxygens (including phenoxy) is 6. The van der Waals surface area contributed by atoms with Crippen molar-refractivity contribution < 1.29 is 79.3 Å². The SMILES string of the molecule is CCC(C)(C)C(=O)OC(C)C(F)(F)S(=O)(=O)[O-].CCC(C)(C)C(=O)OC1C2CC3C(=O)OC1C3O2.CCC(C)(C)C(=O)Oc1ccc(O)cc1.CCC1(OC(=O)C(C)(C)CC)CCc2ccccc2C1.c1ccc([S+](c2ccccc2)c2ccccc2)cc1. The number of aromatic hydroxyl groups is 1. The van der Waals surface area contributed by atoms with Crippen molar-refractivity contribution in [1.82, 2.24) is 0 Å². The lowest BCUT2D eigenvalue weighted by atomic mass is 9.78. The van der Waals surface area contributed by atoms with Gasteiger partial charge in [0.2, 0.25) is 0 Å². The Kier molecular flexibility index (Phi) is 25.4. The molecule has 19 heteroatoms. The largest absolute Gasteiger partial charge is 0.743 e. The summed E-state index contributed by atoms with van der Waals surface area (Å²) in [5.41, 5.74) is 0.0421. The highest BCUT2D eigenvalue weighted by molar-refractivity contribution is 7.97. The summed E-state index contributed by atoms with van der Waals surface area (Å²) in [6.45, 7) is 24.6. The number of hydrogen-bond acceptors (Lipinski definition) is 15. The van der Waals surface area contributed by atoms with Crippen LogP contribution in [0.2, 0.25) is 0 Å². The predicted molar refractivity (Wildman–Crippen MR) is 336 cm³/mol. The Bertz CT molecular complexity index is 3150. The molecular weight excluding hydrogens is 1180 g/mol. The summed E-state index contributed by atoms with van der Waals surface area (Å²) in [4.78, 5) is 63.2. The van der Waals surface area contributed by atoms with Crippen LogP contribution >= 0.6 is 0 Å². The molecule has 5 aromatic rings. The maximum Gasteiger partial charge on any atom is 0.369 e. The van der Waals surface area contributed by atoms with Gasteiger partial charge in [-0.1, -0.05) is 113 Å². The van der Waals surface area contributed by atoms with Crippen molar-refractivity contribution in [1.29, 1.82) is 0 Å². The number of fused-ring (bicyclic) bond motifs is 2. The number of alkyl halides is 2. The maximum absolute atomic E-state index is 13.0. The van der Waals surface area contributed by atoms with Crippen LogP contribution in [0.15, 0.2) is 154 Å². The summed E-state index contributed by atoms with van der Waals surface area (Å²) in [6.07, 6.45) is 3.36. The molecule has 0 aromatic heterocycles. The van der Waals surface area contributed by atoms with Gasteiger partial charge >= 0.3 is 35.1 Å². The molecule has 0 spiro atoms. The van der Waals surface area contributed by atoms with Crippen LogP contribution in [-0.4, -0.2) is 89.3 Å². The van der Waals surface area contributed by atoms with Gasteiger partial charge in [-0.15, -0.1) is 0 Å². The number of phenols is 1. The molecule has 9 rings (SSSR count). The van der Waals surface area contributed by atoms with Gasteiger partial charge in [0.15, 0.2) is 43.1 Å². The van der Waals surface area contributed by atoms with Crippen LogP contribution in [0.1, 0.15) is 153 Å². The van der Waals surface area contributed by atoms with Gasteiger partial charge in [0.25, 0.3) is 0 Å². The molecule has 3 aliphatic heterocycles. The standard InChI is InChI=1S/C18H26O2.C18H15S.C13H18O5.C12H16O3.C9H16F2O5S/c1-5-17(3,4)16(19)20-18(6-2)12-11-14-9-7-8-10-15(14)13-18;1-4-10-16(11-5-1)19(17-12-6-2-7-13-17)18-14-8-3-9-15-18;1-4-13(2,3)12(15)18-9-7-5-6-8(16-7)10(9)17-11(6)14;1-4-12(2,3)11(14)15-10-7-5-9(13)6-8-10;1-5-8(3,4)7(12)16-6(2)9(10,11)17(13,14)15/h7-10H,5-6,11-13H2,1-4H3;1-15H;6-10H,4-5H2,1-3H3;5-8,13H,4H2,1-3H3;6H,5H2,1-4H3,(H,13,14,15)/q;+1;;;/p-1. The molecule has 0 saturated carbocycles. The van der Waals surface area contributed by atoms with Crippen LogP contribution in [-0.2, 0) is 81.5 Å². The first-order chi connectivity index (χ1) is 41.6. The van der Waals surface area contributed by atoms with Crippen LogP contribution in [0, 0.1) is 27.6 Å². The predicted octanol–water partition coefficient (Wildman–Crippen LogP) is 14.4. The third kappa shape index (κ3) is 19.0. The molecule has 4 aliphatic rings. The first-order valence-corrected chi connectivity index (χ1v) is 33.1. The Balaban J connectivity index is 0.000000203. The molecule has 7 unspecified atom stereocenters. The Labute approximate surface area is 528 Å². The van der Waals surface area contributed by atoms with Crippen molar-refractivity contribution in [3.05, 3.63) is 151 Å². The molecular formula is C70H90F2O15S2. The van der Waals surface area contributed by atoms with Crippen LogP contribution in [0.5, 0.6) is 11.5 Å². The zero-order valence-corrected chi connectivity index (χ0v) is 55.5. The topological polar surface area (TPSA) is 218 Å². The summed E-state index contributed by atoms with van der Waals surface area (Å²) in [5.74, 6) is -1.27. The van der Waals surface area contributed by atoms with E-state index in [1.165, 1.54) is 51.8 Å². The highest BCUT2D eigenvalue weighted by Gasteiger charge is 2.65. The quantitative estimate of drug-likeness (QED) is 0.0284. The summed E-state index contributed by atoms with van der Waals surface area (Å²) in [7, 11) is -5.87. The van der Waals surface area contributed by atoms with Crippen LogP contribution < -0.4 is 4.74 Å². The zero-order valence-electron chi connectivity index (χ0n) is 53.8. The molecule has 0 amide bonds. The number of rotatable bonds is 18. The third-order valence-corrected chi connectivity index (χ3v) is 20.5. The molecule has 15 nitrogen and oxygen atoms in total. The molecule has 3 saturated heterocycles. The Morgan fingerprint density at radius 2 is 1.08 bits per heavy atom. The van der Waals surface area contributed by atoms with Gasteiger partial charge in [-0.2, -0.15) is 8.78 Å². The number of carbonyl (C=O) groups is 5. The van der Waals surface area contributed by atoms with Crippen LogP contribution in [0.25, 0.3) is 0 Å². The average Bonchev–Trinajstić information content (AvgIpc) is 1.66. The van der Waals surface area contributed by atoms with Crippen LogP contribution in [0.3, 0.4) is 0 Å². The molecule has 2 bridgehead atoms. The Morgan fingerprint density at radius 1 is 0.640 bits per heavy atom. The molecule has 1 N–H and O–H groups in total. The van der Waals surface area contributed by atoms with Gasteiger partial charge in [-0.05, 0) is 185 Å².